The van der Waals surface area contributed by atoms with Crippen molar-refractivity contribution >= 4 is 17.6 Å². The number of hydrogen-bond donors (Lipinski definition) is 1. The van der Waals surface area contributed by atoms with E-state index in [1.807, 2.05) is 57.2 Å². The number of ether oxygens (including phenoxy) is 3. The summed E-state index contributed by atoms with van der Waals surface area (Å²) in [5.74, 6) is 1.18. The molecule has 7 heteroatoms. The van der Waals surface area contributed by atoms with E-state index >= 15 is 0 Å². The highest BCUT2D eigenvalue weighted by molar-refractivity contribution is 5.78. The van der Waals surface area contributed by atoms with Crippen LogP contribution in [-0.4, -0.2) is 37.8 Å². The standard InChI is InChI=1S/C34H41NO6/c1-7-35(21-23-10-8-22(9-11-23)16-32(36)37)29-20-31(40-6)30(39-5)19-28(29)26-13-12-25-18-27(15-14-24(25)17-26)41-33(38)34(2,3)4/h8-11,14-15,18-20,26H,7,12-13,16-17,21H2,1-6H3,(H,36,37)/t26-/m0/s1. The van der Waals surface area contributed by atoms with Crippen LogP contribution in [0.1, 0.15) is 67.9 Å². The van der Waals surface area contributed by atoms with Gasteiger partial charge >= 0.3 is 11.9 Å². The Labute approximate surface area is 243 Å². The first-order chi connectivity index (χ1) is 19.5. The highest BCUT2D eigenvalue weighted by atomic mass is 16.5. The molecule has 0 radical (unpaired) electrons. The fourth-order valence-electron chi connectivity index (χ4n) is 5.33. The number of benzene rings is 3. The first-order valence-corrected chi connectivity index (χ1v) is 14.2. The molecule has 0 unspecified atom stereocenters. The second kappa shape index (κ2) is 12.7. The number of carboxylic acid groups (broad SMARTS) is 1. The molecule has 3 aromatic carbocycles. The lowest BCUT2D eigenvalue weighted by atomic mass is 9.79. The highest BCUT2D eigenvalue weighted by Crippen LogP contribution is 2.43. The molecule has 0 fully saturated rings. The maximum Gasteiger partial charge on any atom is 0.316 e. The van der Waals surface area contributed by atoms with E-state index in [0.717, 1.165) is 42.6 Å². The minimum absolute atomic E-state index is 0.0151. The van der Waals surface area contributed by atoms with E-state index in [4.69, 9.17) is 19.3 Å². The molecule has 1 atom stereocenters. The van der Waals surface area contributed by atoms with E-state index < -0.39 is 11.4 Å². The zero-order valence-corrected chi connectivity index (χ0v) is 25.0. The average Bonchev–Trinajstić information content (AvgIpc) is 2.95. The maximum atomic E-state index is 12.4. The van der Waals surface area contributed by atoms with Crippen molar-refractivity contribution in [2.75, 3.05) is 25.7 Å². The van der Waals surface area contributed by atoms with Gasteiger partial charge in [-0.3, -0.25) is 9.59 Å². The molecule has 1 N–H and O–H groups in total. The molecule has 0 saturated heterocycles. The predicted octanol–water partition coefficient (Wildman–Crippen LogP) is 6.58. The molecule has 1 aliphatic carbocycles. The monoisotopic (exact) mass is 559 g/mol. The van der Waals surface area contributed by atoms with Gasteiger partial charge in [0, 0.05) is 24.8 Å². The van der Waals surface area contributed by atoms with Crippen LogP contribution in [-0.2, 0) is 35.4 Å². The van der Waals surface area contributed by atoms with Gasteiger partial charge < -0.3 is 24.2 Å². The summed E-state index contributed by atoms with van der Waals surface area (Å²) in [6.07, 6.45) is 2.72. The lowest BCUT2D eigenvalue weighted by Gasteiger charge is -2.32. The van der Waals surface area contributed by atoms with Crippen LogP contribution >= 0.6 is 0 Å². The van der Waals surface area contributed by atoms with Crippen LogP contribution < -0.4 is 19.1 Å². The SMILES string of the molecule is CCN(Cc1ccc(CC(=O)O)cc1)c1cc(OC)c(OC)cc1[C@H]1CCc2cc(OC(=O)C(C)(C)C)ccc2C1. The number of esters is 1. The summed E-state index contributed by atoms with van der Waals surface area (Å²) in [4.78, 5) is 25.8. The number of hydrogen-bond acceptors (Lipinski definition) is 6. The minimum atomic E-state index is -0.834. The number of fused-ring (bicyclic) bond motifs is 1. The Bertz CT molecular complexity index is 1390. The third-order valence-corrected chi connectivity index (χ3v) is 7.68. The van der Waals surface area contributed by atoms with Crippen LogP contribution in [0.15, 0.2) is 54.6 Å². The molecule has 7 nitrogen and oxygen atoms in total. The number of methoxy groups -OCH3 is 2. The van der Waals surface area contributed by atoms with Gasteiger partial charge in [-0.1, -0.05) is 30.3 Å². The summed E-state index contributed by atoms with van der Waals surface area (Å²) in [7, 11) is 3.31. The molecular formula is C34H41NO6. The highest BCUT2D eigenvalue weighted by Gasteiger charge is 2.28. The molecule has 0 aromatic heterocycles. The normalized spacial score (nSPS) is 14.6. The van der Waals surface area contributed by atoms with Crippen molar-refractivity contribution in [1.82, 2.24) is 0 Å². The van der Waals surface area contributed by atoms with Crippen molar-refractivity contribution < 1.29 is 28.9 Å². The van der Waals surface area contributed by atoms with Gasteiger partial charge in [0.25, 0.3) is 0 Å². The summed E-state index contributed by atoms with van der Waals surface area (Å²) in [5, 5.41) is 9.10. The largest absolute Gasteiger partial charge is 0.493 e. The number of rotatable bonds is 10. The van der Waals surface area contributed by atoms with Crippen molar-refractivity contribution in [1.29, 1.82) is 0 Å². The third kappa shape index (κ3) is 7.20. The maximum absolute atomic E-state index is 12.4. The van der Waals surface area contributed by atoms with Gasteiger partial charge in [0.2, 0.25) is 0 Å². The summed E-state index contributed by atoms with van der Waals surface area (Å²) in [6, 6.07) is 18.0. The minimum Gasteiger partial charge on any atom is -0.493 e. The number of carboxylic acids is 1. The summed E-state index contributed by atoms with van der Waals surface area (Å²) < 4.78 is 17.1. The smallest absolute Gasteiger partial charge is 0.316 e. The number of nitrogens with zero attached hydrogens (tertiary/aromatic N) is 1. The van der Waals surface area contributed by atoms with Crippen LogP contribution in [0.4, 0.5) is 5.69 Å². The van der Waals surface area contributed by atoms with Gasteiger partial charge in [-0.15, -0.1) is 0 Å². The van der Waals surface area contributed by atoms with Crippen LogP contribution in [0.2, 0.25) is 0 Å². The van der Waals surface area contributed by atoms with Gasteiger partial charge in [-0.2, -0.15) is 0 Å². The Morgan fingerprint density at radius 2 is 1.59 bits per heavy atom. The molecule has 0 aliphatic heterocycles. The van der Waals surface area contributed by atoms with E-state index in [-0.39, 0.29) is 18.3 Å². The molecular weight excluding hydrogens is 518 g/mol. The Hall–Kier alpha value is -4.00. The fourth-order valence-corrected chi connectivity index (χ4v) is 5.33. The fraction of sp³-hybridized carbons (Fsp3) is 0.412. The van der Waals surface area contributed by atoms with Crippen molar-refractivity contribution in [3.05, 3.63) is 82.4 Å². The van der Waals surface area contributed by atoms with Gasteiger partial charge in [0.1, 0.15) is 5.75 Å². The first kappa shape index (κ1) is 30.0. The van der Waals surface area contributed by atoms with Crippen LogP contribution in [0.5, 0.6) is 17.2 Å². The molecule has 218 valence electrons. The van der Waals surface area contributed by atoms with Gasteiger partial charge in [-0.05, 0) is 98.9 Å². The molecule has 0 bridgehead atoms. The number of carbonyl (C=O) groups excluding carboxylic acids is 1. The van der Waals surface area contributed by atoms with Crippen LogP contribution in [0.25, 0.3) is 0 Å². The Morgan fingerprint density at radius 1 is 0.927 bits per heavy atom. The van der Waals surface area contributed by atoms with E-state index in [1.165, 1.54) is 16.7 Å². The molecule has 41 heavy (non-hydrogen) atoms. The number of anilines is 1. The first-order valence-electron chi connectivity index (χ1n) is 14.2. The number of aryl methyl sites for hydroxylation is 1. The topological polar surface area (TPSA) is 85.3 Å². The van der Waals surface area contributed by atoms with Crippen molar-refractivity contribution in [3.63, 3.8) is 0 Å². The quantitative estimate of drug-likeness (QED) is 0.222. The Morgan fingerprint density at radius 3 is 2.20 bits per heavy atom. The summed E-state index contributed by atoms with van der Waals surface area (Å²) >= 11 is 0. The second-order valence-electron chi connectivity index (χ2n) is 11.7. The van der Waals surface area contributed by atoms with Gasteiger partial charge in [0.05, 0.1) is 26.1 Å². The van der Waals surface area contributed by atoms with E-state index in [9.17, 15) is 9.59 Å². The van der Waals surface area contributed by atoms with Gasteiger partial charge in [-0.25, -0.2) is 0 Å². The van der Waals surface area contributed by atoms with Crippen LogP contribution in [0.3, 0.4) is 0 Å². The summed E-state index contributed by atoms with van der Waals surface area (Å²) in [5.41, 5.74) is 6.12. The molecule has 0 amide bonds. The number of carbonyl (C=O) groups is 2. The molecule has 3 aromatic rings. The zero-order chi connectivity index (χ0) is 29.7. The van der Waals surface area contributed by atoms with E-state index in [1.54, 1.807) is 14.2 Å². The predicted molar refractivity (Wildman–Crippen MR) is 160 cm³/mol. The lowest BCUT2D eigenvalue weighted by molar-refractivity contribution is -0.143. The molecule has 4 rings (SSSR count). The van der Waals surface area contributed by atoms with Gasteiger partial charge in [0.15, 0.2) is 11.5 Å². The molecule has 0 spiro atoms. The lowest BCUT2D eigenvalue weighted by Crippen LogP contribution is -2.26. The third-order valence-electron chi connectivity index (χ3n) is 7.68. The average molecular weight is 560 g/mol. The molecule has 1 aliphatic rings. The Kier molecular flexibility index (Phi) is 9.26. The second-order valence-corrected chi connectivity index (χ2v) is 11.7. The van der Waals surface area contributed by atoms with Crippen molar-refractivity contribution in [2.45, 2.75) is 65.8 Å². The molecule has 0 saturated carbocycles. The zero-order valence-electron chi connectivity index (χ0n) is 25.0. The number of aliphatic carboxylic acids is 1. The van der Waals surface area contributed by atoms with Crippen molar-refractivity contribution in [3.8, 4) is 17.2 Å². The Balaban J connectivity index is 1.63. The van der Waals surface area contributed by atoms with Crippen molar-refractivity contribution in [2.24, 2.45) is 5.41 Å². The molecule has 0 heterocycles. The summed E-state index contributed by atoms with van der Waals surface area (Å²) in [6.45, 7) is 9.16. The van der Waals surface area contributed by atoms with E-state index in [0.29, 0.717) is 23.8 Å². The van der Waals surface area contributed by atoms with E-state index in [2.05, 4.69) is 30.0 Å². The van der Waals surface area contributed by atoms with Crippen LogP contribution in [0, 0.1) is 5.41 Å².